The van der Waals surface area contributed by atoms with E-state index in [0.29, 0.717) is 11.4 Å². The lowest BCUT2D eigenvalue weighted by atomic mass is 10.2. The van der Waals surface area contributed by atoms with Gasteiger partial charge in [-0.05, 0) is 36.6 Å². The van der Waals surface area contributed by atoms with Crippen LogP contribution in [-0.2, 0) is 13.0 Å². The Hall–Kier alpha value is -2.86. The van der Waals surface area contributed by atoms with Crippen LogP contribution in [0.5, 0.6) is 5.75 Å². The van der Waals surface area contributed by atoms with Crippen molar-refractivity contribution in [3.05, 3.63) is 76.3 Å². The molecule has 27 heavy (non-hydrogen) atoms. The molecule has 0 saturated heterocycles. The second-order valence-corrected chi connectivity index (χ2v) is 7.13. The Kier molecular flexibility index (Phi) is 6.44. The number of anilines is 1. The van der Waals surface area contributed by atoms with Gasteiger partial charge in [-0.25, -0.2) is 4.98 Å². The minimum atomic E-state index is -0.100. The first-order valence-corrected chi connectivity index (χ1v) is 9.63. The number of nitrogens with one attached hydrogen (secondary N) is 2. The predicted molar refractivity (Wildman–Crippen MR) is 110 cm³/mol. The summed E-state index contributed by atoms with van der Waals surface area (Å²) < 4.78 is 5.14. The Bertz CT molecular complexity index is 876. The highest BCUT2D eigenvalue weighted by Gasteiger charge is 2.15. The van der Waals surface area contributed by atoms with E-state index in [4.69, 9.17) is 4.74 Å². The lowest BCUT2D eigenvalue weighted by molar-refractivity contribution is 0.0954. The zero-order valence-electron chi connectivity index (χ0n) is 15.5. The molecule has 0 fully saturated rings. The van der Waals surface area contributed by atoms with Crippen molar-refractivity contribution >= 4 is 22.4 Å². The number of amides is 1. The van der Waals surface area contributed by atoms with Crippen molar-refractivity contribution in [2.45, 2.75) is 19.9 Å². The van der Waals surface area contributed by atoms with E-state index in [1.807, 2.05) is 49.4 Å². The molecule has 3 rings (SSSR count). The molecule has 0 bridgehead atoms. The van der Waals surface area contributed by atoms with Gasteiger partial charge in [0.05, 0.1) is 12.8 Å². The molecule has 140 valence electrons. The van der Waals surface area contributed by atoms with Crippen LogP contribution in [0.25, 0.3) is 0 Å². The van der Waals surface area contributed by atoms with Crippen LogP contribution in [-0.4, -0.2) is 24.5 Å². The van der Waals surface area contributed by atoms with Crippen LogP contribution < -0.4 is 15.4 Å². The summed E-state index contributed by atoms with van der Waals surface area (Å²) >= 11 is 1.39. The monoisotopic (exact) mass is 381 g/mol. The summed E-state index contributed by atoms with van der Waals surface area (Å²) in [6.45, 7) is 3.11. The second kappa shape index (κ2) is 9.19. The maximum absolute atomic E-state index is 12.5. The summed E-state index contributed by atoms with van der Waals surface area (Å²) in [4.78, 5) is 17.6. The number of thiazole rings is 1. The van der Waals surface area contributed by atoms with Gasteiger partial charge in [0.1, 0.15) is 10.6 Å². The Morgan fingerprint density at radius 2 is 1.81 bits per heavy atom. The van der Waals surface area contributed by atoms with Gasteiger partial charge < -0.3 is 15.4 Å². The largest absolute Gasteiger partial charge is 0.497 e. The molecule has 2 aromatic carbocycles. The van der Waals surface area contributed by atoms with Crippen molar-refractivity contribution in [3.8, 4) is 5.75 Å². The summed E-state index contributed by atoms with van der Waals surface area (Å²) in [6.07, 6.45) is 0.915. The maximum Gasteiger partial charge on any atom is 0.263 e. The maximum atomic E-state index is 12.5. The summed E-state index contributed by atoms with van der Waals surface area (Å²) in [5.74, 6) is 0.700. The van der Waals surface area contributed by atoms with Gasteiger partial charge in [0.15, 0.2) is 5.13 Å². The van der Waals surface area contributed by atoms with Crippen LogP contribution in [0.2, 0.25) is 0 Å². The molecule has 0 atom stereocenters. The van der Waals surface area contributed by atoms with Crippen molar-refractivity contribution in [3.63, 3.8) is 0 Å². The Labute approximate surface area is 163 Å². The molecule has 1 heterocycles. The molecule has 0 unspecified atom stereocenters. The number of benzene rings is 2. The van der Waals surface area contributed by atoms with Gasteiger partial charge in [0.2, 0.25) is 0 Å². The number of carbonyl (C=O) groups is 1. The number of nitrogens with zero attached hydrogens (tertiary/aromatic N) is 1. The van der Waals surface area contributed by atoms with Gasteiger partial charge in [-0.15, -0.1) is 0 Å². The van der Waals surface area contributed by atoms with Crippen molar-refractivity contribution in [2.75, 3.05) is 19.0 Å². The fourth-order valence-corrected chi connectivity index (χ4v) is 3.56. The molecule has 0 radical (unpaired) electrons. The Balaban J connectivity index is 1.52. The first-order chi connectivity index (χ1) is 13.2. The van der Waals surface area contributed by atoms with Gasteiger partial charge in [0.25, 0.3) is 5.91 Å². The standard InChI is InChI=1S/C21H23N3O2S/c1-15-19(20(25)23-14-17-8-10-18(26-2)11-9-17)27-21(24-15)22-13-12-16-6-4-3-5-7-16/h3-11H,12-14H2,1-2H3,(H,22,24)(H,23,25). The summed E-state index contributed by atoms with van der Waals surface area (Å²) in [6, 6.07) is 17.9. The smallest absolute Gasteiger partial charge is 0.263 e. The molecule has 3 aromatic rings. The number of carbonyl (C=O) groups excluding carboxylic acids is 1. The quantitative estimate of drug-likeness (QED) is 0.618. The molecular weight excluding hydrogens is 358 g/mol. The van der Waals surface area contributed by atoms with E-state index in [9.17, 15) is 4.79 Å². The average molecular weight is 382 g/mol. The van der Waals surface area contributed by atoms with Crippen LogP contribution in [0.1, 0.15) is 26.5 Å². The highest BCUT2D eigenvalue weighted by molar-refractivity contribution is 7.17. The van der Waals surface area contributed by atoms with E-state index in [1.54, 1.807) is 7.11 Å². The average Bonchev–Trinajstić information content (AvgIpc) is 3.08. The third-order valence-corrected chi connectivity index (χ3v) is 5.26. The molecule has 2 N–H and O–H groups in total. The van der Waals surface area contributed by atoms with Crippen molar-refractivity contribution in [1.29, 1.82) is 0 Å². The second-order valence-electron chi connectivity index (χ2n) is 6.13. The van der Waals surface area contributed by atoms with E-state index in [0.717, 1.165) is 35.1 Å². The van der Waals surface area contributed by atoms with Crippen molar-refractivity contribution in [1.82, 2.24) is 10.3 Å². The summed E-state index contributed by atoms with van der Waals surface area (Å²) in [5.41, 5.74) is 3.04. The number of hydrogen-bond donors (Lipinski definition) is 2. The highest BCUT2D eigenvalue weighted by atomic mass is 32.1. The Morgan fingerprint density at radius 3 is 2.52 bits per heavy atom. The van der Waals surface area contributed by atoms with E-state index >= 15 is 0 Å². The number of methoxy groups -OCH3 is 1. The number of aromatic nitrogens is 1. The topological polar surface area (TPSA) is 63.2 Å². The molecular formula is C21H23N3O2S. The molecule has 0 aliphatic heterocycles. The zero-order valence-corrected chi connectivity index (χ0v) is 16.3. The van der Waals surface area contributed by atoms with Crippen LogP contribution in [0.4, 0.5) is 5.13 Å². The van der Waals surface area contributed by atoms with Crippen LogP contribution in [0, 0.1) is 6.92 Å². The number of hydrogen-bond acceptors (Lipinski definition) is 5. The molecule has 5 nitrogen and oxygen atoms in total. The Morgan fingerprint density at radius 1 is 1.07 bits per heavy atom. The van der Waals surface area contributed by atoms with Crippen molar-refractivity contribution < 1.29 is 9.53 Å². The van der Waals surface area contributed by atoms with Gasteiger partial charge in [-0.1, -0.05) is 53.8 Å². The minimum absolute atomic E-state index is 0.100. The third kappa shape index (κ3) is 5.31. The van der Waals surface area contributed by atoms with Crippen LogP contribution >= 0.6 is 11.3 Å². The van der Waals surface area contributed by atoms with Gasteiger partial charge in [-0.2, -0.15) is 0 Å². The van der Waals surface area contributed by atoms with E-state index < -0.39 is 0 Å². The normalized spacial score (nSPS) is 10.4. The highest BCUT2D eigenvalue weighted by Crippen LogP contribution is 2.22. The number of rotatable bonds is 8. The van der Waals surface area contributed by atoms with E-state index in [-0.39, 0.29) is 5.91 Å². The lowest BCUT2D eigenvalue weighted by Crippen LogP contribution is -2.22. The van der Waals surface area contributed by atoms with Gasteiger partial charge in [-0.3, -0.25) is 4.79 Å². The first kappa shape index (κ1) is 18.9. The molecule has 0 spiro atoms. The summed E-state index contributed by atoms with van der Waals surface area (Å²) in [7, 11) is 1.63. The SMILES string of the molecule is COc1ccc(CNC(=O)c2sc(NCCc3ccccc3)nc2C)cc1. The molecule has 1 amide bonds. The lowest BCUT2D eigenvalue weighted by Gasteiger charge is -2.05. The fourth-order valence-electron chi connectivity index (χ4n) is 2.65. The van der Waals surface area contributed by atoms with Gasteiger partial charge in [0, 0.05) is 13.1 Å². The van der Waals surface area contributed by atoms with Crippen molar-refractivity contribution in [2.24, 2.45) is 0 Å². The molecule has 1 aromatic heterocycles. The molecule has 6 heteroatoms. The minimum Gasteiger partial charge on any atom is -0.497 e. The molecule has 0 aliphatic carbocycles. The van der Waals surface area contributed by atoms with Crippen LogP contribution in [0.15, 0.2) is 54.6 Å². The molecule has 0 aliphatic rings. The van der Waals surface area contributed by atoms with Gasteiger partial charge >= 0.3 is 0 Å². The third-order valence-electron chi connectivity index (χ3n) is 4.15. The number of aryl methyl sites for hydroxylation is 1. The van der Waals surface area contributed by atoms with E-state index in [1.165, 1.54) is 16.9 Å². The predicted octanol–water partition coefficient (Wildman–Crippen LogP) is 4.04. The first-order valence-electron chi connectivity index (χ1n) is 8.82. The summed E-state index contributed by atoms with van der Waals surface area (Å²) in [5, 5.41) is 7.04. The molecule has 0 saturated carbocycles. The fraction of sp³-hybridized carbons (Fsp3) is 0.238. The number of ether oxygens (including phenoxy) is 1. The van der Waals surface area contributed by atoms with Crippen LogP contribution in [0.3, 0.4) is 0 Å². The van der Waals surface area contributed by atoms with E-state index in [2.05, 4.69) is 27.8 Å². The zero-order chi connectivity index (χ0) is 19.1.